The monoisotopic (exact) mass is 730 g/mol. The van der Waals surface area contributed by atoms with Gasteiger partial charge < -0.3 is 9.11 Å². The van der Waals surface area contributed by atoms with Gasteiger partial charge in [-0.3, -0.25) is 0 Å². The molecule has 0 N–H and O–H groups in total. The summed E-state index contributed by atoms with van der Waals surface area (Å²) < 4.78 is 30.0. The first-order chi connectivity index (χ1) is 22.1. The largest absolute Gasteiger partial charge is 0.606 e. The maximum absolute atomic E-state index is 15.2. The Morgan fingerprint density at radius 2 is 0.833 bits per heavy atom. The summed E-state index contributed by atoms with van der Waals surface area (Å²) in [6.07, 6.45) is 0.637. The summed E-state index contributed by atoms with van der Waals surface area (Å²) in [6, 6.07) is 18.2. The van der Waals surface area contributed by atoms with E-state index in [1.54, 1.807) is 35.3 Å². The molecule has 252 valence electrons. The van der Waals surface area contributed by atoms with E-state index >= 15 is 4.55 Å². The molecule has 0 amide bonds. The highest BCUT2D eigenvalue weighted by Gasteiger charge is 2.41. The Labute approximate surface area is 306 Å². The van der Waals surface area contributed by atoms with Gasteiger partial charge in [-0.2, -0.15) is 0 Å². The van der Waals surface area contributed by atoms with Crippen LogP contribution < -0.4 is 0 Å². The fourth-order valence-electron chi connectivity index (χ4n) is 6.42. The molecule has 0 saturated carbocycles. The van der Waals surface area contributed by atoms with Gasteiger partial charge in [0.15, 0.2) is 19.6 Å². The third-order valence-electron chi connectivity index (χ3n) is 9.56. The summed E-state index contributed by atoms with van der Waals surface area (Å²) in [5.74, 6) is 0. The number of rotatable bonds is 0. The number of hydrogen-bond donors (Lipinski definition) is 0. The second kappa shape index (κ2) is 11.5. The van der Waals surface area contributed by atoms with Crippen LogP contribution in [0.2, 0.25) is 0 Å². The second-order valence-corrected chi connectivity index (χ2v) is 23.5. The molecule has 48 heavy (non-hydrogen) atoms. The highest BCUT2D eigenvalue weighted by Crippen LogP contribution is 2.57. The number of hydrogen-bond acceptors (Lipinski definition) is 5. The van der Waals surface area contributed by atoms with Crippen LogP contribution in [0.3, 0.4) is 0 Å². The molecule has 0 fully saturated rings. The zero-order chi connectivity index (χ0) is 34.9. The van der Waals surface area contributed by atoms with Gasteiger partial charge in [-0.1, -0.05) is 124 Å². The topological polar surface area (TPSA) is 46.1 Å². The van der Waals surface area contributed by atoms with Crippen molar-refractivity contribution in [2.45, 2.75) is 160 Å². The van der Waals surface area contributed by atoms with Crippen LogP contribution in [0.1, 0.15) is 116 Å². The van der Waals surface area contributed by atoms with Crippen LogP contribution in [0.4, 0.5) is 0 Å². The molecule has 2 nitrogen and oxygen atoms in total. The molecule has 0 aromatic heterocycles. The Kier molecular flexibility index (Phi) is 8.40. The van der Waals surface area contributed by atoms with E-state index in [-0.39, 0.29) is 21.7 Å². The third kappa shape index (κ3) is 6.01. The zero-order valence-corrected chi connectivity index (χ0v) is 34.3. The lowest BCUT2D eigenvalue weighted by Crippen LogP contribution is -2.21. The summed E-state index contributed by atoms with van der Waals surface area (Å²) in [5.41, 5.74) is 6.69. The lowest BCUT2D eigenvalue weighted by atomic mass is 9.84. The first-order valence-electron chi connectivity index (χ1n) is 16.7. The van der Waals surface area contributed by atoms with E-state index in [2.05, 4.69) is 132 Å². The van der Waals surface area contributed by atoms with Gasteiger partial charge in [0.2, 0.25) is 0 Å². The van der Waals surface area contributed by atoms with E-state index in [9.17, 15) is 4.55 Å². The van der Waals surface area contributed by atoms with Crippen molar-refractivity contribution in [3.63, 3.8) is 0 Å². The third-order valence-corrected chi connectivity index (χ3v) is 16.9. The lowest BCUT2D eigenvalue weighted by Gasteiger charge is -2.33. The summed E-state index contributed by atoms with van der Waals surface area (Å²) in [7, 11) is 0. The molecule has 3 heterocycles. The van der Waals surface area contributed by atoms with Gasteiger partial charge in [0.1, 0.15) is 0 Å². The molecule has 2 atom stereocenters. The van der Waals surface area contributed by atoms with Crippen LogP contribution in [0.25, 0.3) is 0 Å². The van der Waals surface area contributed by atoms with Gasteiger partial charge in [0.25, 0.3) is 0 Å². The minimum absolute atomic E-state index is 0.0760. The van der Waals surface area contributed by atoms with Crippen molar-refractivity contribution in [2.75, 3.05) is 0 Å². The fraction of sp³-hybridized carbons (Fsp3) is 0.415. The molecule has 7 rings (SSSR count). The highest BCUT2D eigenvalue weighted by atomic mass is 32.2. The summed E-state index contributed by atoms with van der Waals surface area (Å²) in [5, 5.41) is 0. The molecular weight excluding hydrogens is 685 g/mol. The summed E-state index contributed by atoms with van der Waals surface area (Å²) in [6.45, 7) is 26.9. The van der Waals surface area contributed by atoms with Crippen LogP contribution in [-0.2, 0) is 50.4 Å². The van der Waals surface area contributed by atoms with Crippen molar-refractivity contribution in [3.8, 4) is 0 Å². The van der Waals surface area contributed by atoms with Crippen LogP contribution in [-0.4, -0.2) is 9.11 Å². The molecule has 7 heteroatoms. The van der Waals surface area contributed by atoms with Crippen molar-refractivity contribution in [3.05, 3.63) is 81.9 Å². The van der Waals surface area contributed by atoms with Crippen molar-refractivity contribution in [2.24, 2.45) is 0 Å². The first-order valence-corrected chi connectivity index (χ1v) is 21.4. The van der Waals surface area contributed by atoms with Crippen molar-refractivity contribution in [1.29, 1.82) is 0 Å². The molecule has 0 radical (unpaired) electrons. The first kappa shape index (κ1) is 35.0. The molecule has 2 unspecified atom stereocenters. The van der Waals surface area contributed by atoms with Gasteiger partial charge in [-0.25, -0.2) is 0 Å². The van der Waals surface area contributed by atoms with Crippen LogP contribution in [0.15, 0.2) is 97.5 Å². The van der Waals surface area contributed by atoms with Crippen molar-refractivity contribution < 1.29 is 9.11 Å². The molecule has 4 aromatic rings. The minimum atomic E-state index is -1.37. The second-order valence-electron chi connectivity index (χ2n) is 17.5. The average Bonchev–Trinajstić information content (AvgIpc) is 2.94. The number of benzene rings is 4. The Hall–Kier alpha value is -1.45. The molecule has 4 aromatic carbocycles. The normalized spacial score (nSPS) is 18.7. The van der Waals surface area contributed by atoms with Gasteiger partial charge in [-0.15, -0.1) is 0 Å². The van der Waals surface area contributed by atoms with Gasteiger partial charge in [0.05, 0.1) is 24.5 Å². The molecule has 0 saturated heterocycles. The quantitative estimate of drug-likeness (QED) is 0.148. The summed E-state index contributed by atoms with van der Waals surface area (Å²) >= 11 is 2.57. The maximum atomic E-state index is 15.2. The predicted octanol–water partition coefficient (Wildman–Crippen LogP) is 12.2. The maximum Gasteiger partial charge on any atom is 0.186 e. The van der Waals surface area contributed by atoms with Crippen molar-refractivity contribution in [1.82, 2.24) is 0 Å². The van der Waals surface area contributed by atoms with E-state index in [0.29, 0.717) is 6.42 Å². The molecule has 4 bridgehead atoms. The highest BCUT2D eigenvalue weighted by molar-refractivity contribution is 8.05. The van der Waals surface area contributed by atoms with E-state index in [1.807, 2.05) is 0 Å². The predicted molar refractivity (Wildman–Crippen MR) is 205 cm³/mol. The van der Waals surface area contributed by atoms with Gasteiger partial charge in [0, 0.05) is 39.2 Å². The van der Waals surface area contributed by atoms with Crippen LogP contribution in [0.5, 0.6) is 0 Å². The molecule has 0 aliphatic carbocycles. The Morgan fingerprint density at radius 3 is 1.38 bits per heavy atom. The molecule has 3 aliphatic rings. The Balaban J connectivity index is 1.60. The zero-order valence-electron chi connectivity index (χ0n) is 30.2. The van der Waals surface area contributed by atoms with Crippen LogP contribution >= 0.6 is 35.3 Å². The Morgan fingerprint density at radius 1 is 0.438 bits per heavy atom. The Bertz CT molecular complexity index is 1860. The van der Waals surface area contributed by atoms with E-state index < -0.39 is 22.4 Å². The molecule has 3 aliphatic heterocycles. The lowest BCUT2D eigenvalue weighted by molar-refractivity contribution is 0.569. The van der Waals surface area contributed by atoms with Gasteiger partial charge in [-0.05, 0) is 91.9 Å². The summed E-state index contributed by atoms with van der Waals surface area (Å²) in [4.78, 5) is 10.1. The van der Waals surface area contributed by atoms with E-state index in [0.717, 1.165) is 54.5 Å². The van der Waals surface area contributed by atoms with Gasteiger partial charge >= 0.3 is 0 Å². The fourth-order valence-corrected chi connectivity index (χ4v) is 14.1. The molecular formula is C41H46O2S5. The average molecular weight is 731 g/mol. The van der Waals surface area contributed by atoms with E-state index in [1.165, 1.54) is 27.8 Å². The molecule has 0 spiro atoms. The SMILES string of the molecule is CC(C)(C)c1cc2c3c(c1)Sc1cc(C(C)(C)C)cc(c1[S+]3[O-])Sc1cc(C(C)(C)C)cc3c1Sc1c(cc(C(C)(C)C)cc1[S+]3[O-])C2. The van der Waals surface area contributed by atoms with Crippen molar-refractivity contribution >= 4 is 57.6 Å². The van der Waals surface area contributed by atoms with E-state index in [4.69, 9.17) is 0 Å². The smallest absolute Gasteiger partial charge is 0.186 e. The minimum Gasteiger partial charge on any atom is -0.606 e. The standard InChI is InChI=1S/C41H46O2S5/c1-38(2,3)24-15-23-13-22-14-25(39(4,5)6)20-32-34(22)46-35-28(16-27(41(10,11)12)21-33(35)47(32)42)44-30-18-26(40(7,8)9)19-31-37(30)48(43)36(23)29(17-24)45-31/h14-21H,13H2,1-12H3. The van der Waals surface area contributed by atoms with Crippen LogP contribution in [0, 0.1) is 0 Å².